The van der Waals surface area contributed by atoms with Crippen molar-refractivity contribution in [2.45, 2.75) is 31.6 Å². The van der Waals surface area contributed by atoms with Gasteiger partial charge in [0.1, 0.15) is 17.2 Å². The van der Waals surface area contributed by atoms with Crippen LogP contribution in [0.25, 0.3) is 55.4 Å². The second-order valence-corrected chi connectivity index (χ2v) is 16.9. The van der Waals surface area contributed by atoms with Gasteiger partial charge >= 0.3 is 0 Å². The molecule has 0 amide bonds. The summed E-state index contributed by atoms with van der Waals surface area (Å²) < 4.78 is 8.79. The van der Waals surface area contributed by atoms with Crippen LogP contribution in [0.2, 0.25) is 0 Å². The molecule has 1 aliphatic heterocycles. The van der Waals surface area contributed by atoms with E-state index in [4.69, 9.17) is 9.72 Å². The van der Waals surface area contributed by atoms with Crippen molar-refractivity contribution in [3.05, 3.63) is 269 Å². The molecular weight excluding hydrogens is 791 g/mol. The predicted octanol–water partition coefficient (Wildman–Crippen LogP) is 14.6. The van der Waals surface area contributed by atoms with E-state index in [1.54, 1.807) is 0 Å². The first-order chi connectivity index (χ1) is 32.1. The molecule has 4 aliphatic rings. The molecule has 10 aromatic rings. The first-order valence-electron chi connectivity index (χ1n) is 22.6. The summed E-state index contributed by atoms with van der Waals surface area (Å²) in [5.41, 5.74) is 20.5. The minimum Gasteiger partial charge on any atom is -0.464 e. The average Bonchev–Trinajstić information content (AvgIpc) is 4.00. The topological polar surface area (TPSA) is 39.4 Å². The Kier molecular flexibility index (Phi) is 8.76. The number of fused-ring (bicyclic) bond motifs is 23. The normalized spacial score (nSPS) is 15.6. The van der Waals surface area contributed by atoms with E-state index in [0.29, 0.717) is 0 Å². The number of hydrogen-bond acceptors (Lipinski definition) is 3. The van der Waals surface area contributed by atoms with Gasteiger partial charge in [0, 0.05) is 16.5 Å². The largest absolute Gasteiger partial charge is 0.464 e. The van der Waals surface area contributed by atoms with Crippen molar-refractivity contribution in [2.75, 3.05) is 0 Å². The molecule has 4 nitrogen and oxygen atoms in total. The number of imidazole rings is 1. The Bertz CT molecular complexity index is 3560. The maximum atomic E-state index is 6.67. The average molecular weight is 836 g/mol. The fourth-order valence-corrected chi connectivity index (χ4v) is 11.6. The van der Waals surface area contributed by atoms with E-state index >= 15 is 0 Å². The Morgan fingerprint density at radius 1 is 0.462 bits per heavy atom. The Hall–Kier alpha value is -8.08. The van der Waals surface area contributed by atoms with Gasteiger partial charge < -0.3 is 4.74 Å². The number of aryl methyl sites for hydroxylation is 1. The van der Waals surface area contributed by atoms with E-state index in [0.717, 1.165) is 50.3 Å². The molecular formula is C61H45N3O. The van der Waals surface area contributed by atoms with Crippen LogP contribution in [0, 0.1) is 6.92 Å². The van der Waals surface area contributed by atoms with Crippen LogP contribution < -0.4 is 4.74 Å². The lowest BCUT2D eigenvalue weighted by molar-refractivity contribution is 0.465. The lowest BCUT2D eigenvalue weighted by atomic mass is 9.52. The van der Waals surface area contributed by atoms with Crippen LogP contribution in [0.1, 0.15) is 69.7 Å². The molecule has 0 saturated carbocycles. The fraction of sp³-hybridized carbons (Fsp3) is 0.0820. The van der Waals surface area contributed by atoms with Gasteiger partial charge in [-0.2, -0.15) is 0 Å². The SMILES string of the molecule is C=C1/C=C\C=C/Oc2c1ccc1c2C2(c3ccccc3-1)c1ccccc1C1(c3ccccc3-c3ccccc31)c1ccccc12.CC.Cc1nc2ccccc2c2nc3ccccc3n12. The van der Waals surface area contributed by atoms with E-state index in [2.05, 4.69) is 168 Å². The summed E-state index contributed by atoms with van der Waals surface area (Å²) in [6.45, 7) is 10.5. The molecule has 0 fully saturated rings. The number of para-hydroxylation sites is 3. The molecule has 3 aliphatic carbocycles. The van der Waals surface area contributed by atoms with Gasteiger partial charge in [-0.1, -0.05) is 190 Å². The Morgan fingerprint density at radius 3 is 1.57 bits per heavy atom. The summed E-state index contributed by atoms with van der Waals surface area (Å²) in [6.07, 6.45) is 7.83. The van der Waals surface area contributed by atoms with Crippen molar-refractivity contribution in [1.82, 2.24) is 14.4 Å². The number of nitrogens with zero attached hydrogens (tertiary/aromatic N) is 3. The molecule has 310 valence electrons. The molecule has 2 spiro atoms. The van der Waals surface area contributed by atoms with Gasteiger partial charge in [-0.05, 0) is 104 Å². The number of aromatic nitrogens is 3. The first kappa shape index (κ1) is 38.6. The first-order valence-corrected chi connectivity index (χ1v) is 22.6. The number of benzene rings is 8. The van der Waals surface area contributed by atoms with Crippen molar-refractivity contribution in [1.29, 1.82) is 0 Å². The highest BCUT2D eigenvalue weighted by atomic mass is 16.5. The quantitative estimate of drug-likeness (QED) is 0.153. The van der Waals surface area contributed by atoms with Crippen molar-refractivity contribution in [3.63, 3.8) is 0 Å². The molecule has 0 saturated heterocycles. The zero-order valence-electron chi connectivity index (χ0n) is 36.6. The van der Waals surface area contributed by atoms with Crippen LogP contribution in [-0.2, 0) is 10.8 Å². The summed E-state index contributed by atoms with van der Waals surface area (Å²) in [6, 6.07) is 66.1. The zero-order chi connectivity index (χ0) is 43.9. The molecule has 8 aromatic carbocycles. The third-order valence-electron chi connectivity index (χ3n) is 13.9. The summed E-state index contributed by atoms with van der Waals surface area (Å²) in [5.74, 6) is 1.85. The number of rotatable bonds is 0. The molecule has 65 heavy (non-hydrogen) atoms. The third kappa shape index (κ3) is 5.14. The molecule has 0 N–H and O–H groups in total. The zero-order valence-corrected chi connectivity index (χ0v) is 36.6. The van der Waals surface area contributed by atoms with Gasteiger partial charge in [0.25, 0.3) is 0 Å². The lowest BCUT2D eigenvalue weighted by Gasteiger charge is -2.49. The Balaban J connectivity index is 0.000000185. The van der Waals surface area contributed by atoms with E-state index < -0.39 is 10.8 Å². The monoisotopic (exact) mass is 835 g/mol. The highest BCUT2D eigenvalue weighted by Gasteiger charge is 2.59. The van der Waals surface area contributed by atoms with E-state index in [9.17, 15) is 0 Å². The van der Waals surface area contributed by atoms with Crippen LogP contribution in [-0.4, -0.2) is 14.4 Å². The van der Waals surface area contributed by atoms with Crippen molar-refractivity contribution in [3.8, 4) is 28.0 Å². The Morgan fingerprint density at radius 2 is 0.938 bits per heavy atom. The van der Waals surface area contributed by atoms with Gasteiger partial charge in [0.05, 0.1) is 33.6 Å². The van der Waals surface area contributed by atoms with Crippen LogP contribution in [0.4, 0.5) is 0 Å². The van der Waals surface area contributed by atoms with Crippen LogP contribution in [0.5, 0.6) is 5.75 Å². The molecule has 0 bridgehead atoms. The summed E-state index contributed by atoms with van der Waals surface area (Å²) >= 11 is 0. The lowest BCUT2D eigenvalue weighted by Crippen LogP contribution is -2.43. The maximum Gasteiger partial charge on any atom is 0.148 e. The molecule has 3 heterocycles. The van der Waals surface area contributed by atoms with Crippen molar-refractivity contribution in [2.24, 2.45) is 0 Å². The fourth-order valence-electron chi connectivity index (χ4n) is 11.6. The maximum absolute atomic E-state index is 6.67. The molecule has 0 radical (unpaired) electrons. The minimum absolute atomic E-state index is 0.459. The third-order valence-corrected chi connectivity index (χ3v) is 13.9. The minimum atomic E-state index is -0.598. The van der Waals surface area contributed by atoms with E-state index in [1.165, 1.54) is 66.8 Å². The summed E-state index contributed by atoms with van der Waals surface area (Å²) in [5, 5.41) is 1.10. The molecule has 14 rings (SSSR count). The highest BCUT2D eigenvalue weighted by molar-refractivity contribution is 5.98. The van der Waals surface area contributed by atoms with Crippen LogP contribution in [0.15, 0.2) is 213 Å². The smallest absolute Gasteiger partial charge is 0.148 e. The van der Waals surface area contributed by atoms with Gasteiger partial charge in [-0.3, -0.25) is 4.40 Å². The number of ether oxygens (including phenoxy) is 1. The second-order valence-electron chi connectivity index (χ2n) is 16.9. The molecule has 4 heteroatoms. The van der Waals surface area contributed by atoms with Gasteiger partial charge in [-0.15, -0.1) is 0 Å². The molecule has 0 unspecified atom stereocenters. The second kappa shape index (κ2) is 14.8. The predicted molar refractivity (Wildman–Crippen MR) is 267 cm³/mol. The van der Waals surface area contributed by atoms with Crippen LogP contribution >= 0.6 is 0 Å². The molecule has 0 atom stereocenters. The molecule has 2 aromatic heterocycles. The van der Waals surface area contributed by atoms with Gasteiger partial charge in [0.15, 0.2) is 0 Å². The van der Waals surface area contributed by atoms with Gasteiger partial charge in [0.2, 0.25) is 0 Å². The highest BCUT2D eigenvalue weighted by Crippen LogP contribution is 2.68. The van der Waals surface area contributed by atoms with E-state index in [1.807, 2.05) is 75.6 Å². The van der Waals surface area contributed by atoms with Gasteiger partial charge in [-0.25, -0.2) is 9.97 Å². The standard InChI is InChI=1S/C44H28O.C15H11N3.C2H6/c1-28-14-12-13-27-45-42-29(28)25-26-33-32-17-4-7-20-36(32)44(41(33)42)39-23-10-8-21-37(39)43(38-22-9-11-24-40(38)44)34-18-5-2-15-30(34)31-16-3-6-19-35(31)43;1-10-16-12-7-3-2-6-11(12)15-17-13-8-4-5-9-14(13)18(10)15;1-2/h2-27H,1H2;2-9H,1H3;1-2H3/b14-12-,27-13-;;. The Labute approximate surface area is 379 Å². The number of hydrogen-bond donors (Lipinski definition) is 0. The van der Waals surface area contributed by atoms with Crippen molar-refractivity contribution < 1.29 is 4.74 Å². The van der Waals surface area contributed by atoms with Crippen LogP contribution in [0.3, 0.4) is 0 Å². The number of allylic oxidation sites excluding steroid dienone is 4. The summed E-state index contributed by atoms with van der Waals surface area (Å²) in [4.78, 5) is 9.38. The van der Waals surface area contributed by atoms with E-state index in [-0.39, 0.29) is 0 Å². The summed E-state index contributed by atoms with van der Waals surface area (Å²) in [7, 11) is 0. The van der Waals surface area contributed by atoms with Crippen molar-refractivity contribution >= 4 is 33.2 Å².